The first-order valence-corrected chi connectivity index (χ1v) is 5.78. The summed E-state index contributed by atoms with van der Waals surface area (Å²) in [5.74, 6) is 0.423. The summed E-state index contributed by atoms with van der Waals surface area (Å²) >= 11 is 0. The summed E-state index contributed by atoms with van der Waals surface area (Å²) in [7, 11) is 0. The van der Waals surface area contributed by atoms with E-state index in [0.29, 0.717) is 5.76 Å². The molecule has 0 bridgehead atoms. The van der Waals surface area contributed by atoms with E-state index in [-0.39, 0.29) is 23.6 Å². The van der Waals surface area contributed by atoms with Crippen LogP contribution in [0.4, 0.5) is 18.9 Å². The molecule has 1 N–H and O–H groups in total. The second-order valence-corrected chi connectivity index (χ2v) is 4.10. The molecule has 106 valence electrons. The van der Waals surface area contributed by atoms with Crippen molar-refractivity contribution in [1.82, 2.24) is 0 Å². The van der Waals surface area contributed by atoms with Gasteiger partial charge in [-0.05, 0) is 30.3 Å². The standard InChI is InChI=1S/C14H8F3N3O/c15-14(16,17)12-5-9(6-18)1-4-13(12)20-8-11-3-2-10(7-19)21-11/h1-5,20H,8H2. The van der Waals surface area contributed by atoms with Crippen LogP contribution in [0.3, 0.4) is 0 Å². The molecule has 1 aromatic carbocycles. The molecule has 4 nitrogen and oxygen atoms in total. The number of furan rings is 1. The lowest BCUT2D eigenvalue weighted by molar-refractivity contribution is -0.137. The zero-order valence-electron chi connectivity index (χ0n) is 10.5. The van der Waals surface area contributed by atoms with Crippen molar-refractivity contribution in [2.45, 2.75) is 12.7 Å². The summed E-state index contributed by atoms with van der Waals surface area (Å²) in [5, 5.41) is 19.9. The molecule has 0 aliphatic rings. The lowest BCUT2D eigenvalue weighted by Crippen LogP contribution is -2.11. The Morgan fingerprint density at radius 2 is 1.86 bits per heavy atom. The molecule has 2 rings (SSSR count). The predicted molar refractivity (Wildman–Crippen MR) is 66.9 cm³/mol. The molecule has 0 saturated carbocycles. The van der Waals surface area contributed by atoms with Crippen LogP contribution in [0.5, 0.6) is 0 Å². The highest BCUT2D eigenvalue weighted by atomic mass is 19.4. The van der Waals surface area contributed by atoms with Crippen LogP contribution >= 0.6 is 0 Å². The van der Waals surface area contributed by atoms with Gasteiger partial charge in [-0.3, -0.25) is 0 Å². The largest absolute Gasteiger partial charge is 0.449 e. The Balaban J connectivity index is 2.24. The van der Waals surface area contributed by atoms with Crippen molar-refractivity contribution in [2.24, 2.45) is 0 Å². The van der Waals surface area contributed by atoms with Crippen molar-refractivity contribution in [3.05, 3.63) is 53.0 Å². The van der Waals surface area contributed by atoms with Crippen molar-refractivity contribution in [3.8, 4) is 12.1 Å². The number of nitrogens with zero attached hydrogens (tertiary/aromatic N) is 2. The molecule has 2 aromatic rings. The first-order chi connectivity index (χ1) is 9.94. The van der Waals surface area contributed by atoms with Crippen molar-refractivity contribution < 1.29 is 17.6 Å². The van der Waals surface area contributed by atoms with Crippen LogP contribution in [0.25, 0.3) is 0 Å². The highest BCUT2D eigenvalue weighted by Crippen LogP contribution is 2.35. The van der Waals surface area contributed by atoms with Crippen LogP contribution in [0, 0.1) is 22.7 Å². The number of nitrogens with one attached hydrogen (secondary N) is 1. The van der Waals surface area contributed by atoms with E-state index in [1.807, 2.05) is 0 Å². The fourth-order valence-corrected chi connectivity index (χ4v) is 1.72. The Bertz CT molecular complexity index is 735. The van der Waals surface area contributed by atoms with Gasteiger partial charge in [-0.25, -0.2) is 0 Å². The Kier molecular flexibility index (Phi) is 3.86. The molecular weight excluding hydrogens is 283 g/mol. The van der Waals surface area contributed by atoms with Gasteiger partial charge < -0.3 is 9.73 Å². The van der Waals surface area contributed by atoms with Crippen LogP contribution in [-0.2, 0) is 12.7 Å². The van der Waals surface area contributed by atoms with Crippen LogP contribution < -0.4 is 5.32 Å². The topological polar surface area (TPSA) is 72.8 Å². The average Bonchev–Trinajstić information content (AvgIpc) is 2.92. The van der Waals surface area contributed by atoms with Crippen molar-refractivity contribution >= 4 is 5.69 Å². The van der Waals surface area contributed by atoms with Crippen molar-refractivity contribution in [2.75, 3.05) is 5.32 Å². The number of hydrogen-bond donors (Lipinski definition) is 1. The summed E-state index contributed by atoms with van der Waals surface area (Å²) in [6, 6.07) is 9.65. The van der Waals surface area contributed by atoms with Crippen molar-refractivity contribution in [3.63, 3.8) is 0 Å². The average molecular weight is 291 g/mol. The molecule has 0 radical (unpaired) electrons. The summed E-state index contributed by atoms with van der Waals surface area (Å²) in [5.41, 5.74) is -1.15. The minimum Gasteiger partial charge on any atom is -0.449 e. The van der Waals surface area contributed by atoms with Crippen LogP contribution in [0.15, 0.2) is 34.7 Å². The maximum atomic E-state index is 12.9. The van der Waals surface area contributed by atoms with Crippen LogP contribution in [0.2, 0.25) is 0 Å². The number of alkyl halides is 3. The first-order valence-electron chi connectivity index (χ1n) is 5.78. The molecule has 0 fully saturated rings. The molecule has 21 heavy (non-hydrogen) atoms. The molecule has 1 heterocycles. The van der Waals surface area contributed by atoms with Crippen LogP contribution in [0.1, 0.15) is 22.6 Å². The fraction of sp³-hybridized carbons (Fsp3) is 0.143. The van der Waals surface area contributed by atoms with E-state index < -0.39 is 11.7 Å². The summed E-state index contributed by atoms with van der Waals surface area (Å²) in [6.07, 6.45) is -4.57. The number of hydrogen-bond acceptors (Lipinski definition) is 4. The molecule has 7 heteroatoms. The van der Waals surface area contributed by atoms with E-state index >= 15 is 0 Å². The lowest BCUT2D eigenvalue weighted by atomic mass is 10.1. The zero-order chi connectivity index (χ0) is 15.5. The molecule has 0 aliphatic heterocycles. The van der Waals surface area contributed by atoms with Gasteiger partial charge in [0.25, 0.3) is 0 Å². The number of halogens is 3. The monoisotopic (exact) mass is 291 g/mol. The predicted octanol–water partition coefficient (Wildman–Crippen LogP) is 3.65. The first kappa shape index (κ1) is 14.5. The minimum atomic E-state index is -4.57. The zero-order valence-corrected chi connectivity index (χ0v) is 10.5. The minimum absolute atomic E-state index is 0.00331. The Labute approximate surface area is 118 Å². The molecule has 0 amide bonds. The number of benzene rings is 1. The van der Waals surface area contributed by atoms with Gasteiger partial charge in [0, 0.05) is 5.69 Å². The lowest BCUT2D eigenvalue weighted by Gasteiger charge is -2.14. The fourth-order valence-electron chi connectivity index (χ4n) is 1.72. The summed E-state index contributed by atoms with van der Waals surface area (Å²) < 4.78 is 43.9. The van der Waals surface area contributed by atoms with Crippen molar-refractivity contribution in [1.29, 1.82) is 10.5 Å². The third-order valence-electron chi connectivity index (χ3n) is 2.68. The number of nitriles is 2. The summed E-state index contributed by atoms with van der Waals surface area (Å²) in [6.45, 7) is -0.00331. The second kappa shape index (κ2) is 5.59. The van der Waals surface area contributed by atoms with Gasteiger partial charge in [0.15, 0.2) is 0 Å². The maximum Gasteiger partial charge on any atom is 0.418 e. The van der Waals surface area contributed by atoms with E-state index in [1.54, 1.807) is 12.1 Å². The van der Waals surface area contributed by atoms with E-state index in [1.165, 1.54) is 24.3 Å². The molecule has 0 atom stereocenters. The molecule has 0 spiro atoms. The Morgan fingerprint density at radius 3 is 2.43 bits per heavy atom. The van der Waals surface area contributed by atoms with Gasteiger partial charge >= 0.3 is 6.18 Å². The highest BCUT2D eigenvalue weighted by Gasteiger charge is 2.33. The molecule has 0 aliphatic carbocycles. The normalized spacial score (nSPS) is 10.7. The third kappa shape index (κ3) is 3.34. The molecular formula is C14H8F3N3O. The Hall–Kier alpha value is -2.93. The van der Waals surface area contributed by atoms with E-state index in [9.17, 15) is 13.2 Å². The van der Waals surface area contributed by atoms with E-state index in [2.05, 4.69) is 5.32 Å². The molecule has 1 aromatic heterocycles. The summed E-state index contributed by atoms with van der Waals surface area (Å²) in [4.78, 5) is 0. The van der Waals surface area contributed by atoms with Gasteiger partial charge in [0.1, 0.15) is 11.8 Å². The van der Waals surface area contributed by atoms with Gasteiger partial charge in [-0.15, -0.1) is 0 Å². The quantitative estimate of drug-likeness (QED) is 0.936. The van der Waals surface area contributed by atoms with E-state index in [0.717, 1.165) is 6.07 Å². The number of rotatable bonds is 3. The molecule has 0 saturated heterocycles. The Morgan fingerprint density at radius 1 is 1.10 bits per heavy atom. The van der Waals surface area contributed by atoms with E-state index in [4.69, 9.17) is 14.9 Å². The second-order valence-electron chi connectivity index (χ2n) is 4.10. The number of anilines is 1. The SMILES string of the molecule is N#Cc1ccc(NCc2ccc(C#N)o2)c(C(F)(F)F)c1. The van der Waals surface area contributed by atoms with Gasteiger partial charge in [-0.2, -0.15) is 23.7 Å². The smallest absolute Gasteiger partial charge is 0.418 e. The molecule has 0 unspecified atom stereocenters. The maximum absolute atomic E-state index is 12.9. The van der Waals surface area contributed by atoms with Crippen LogP contribution in [-0.4, -0.2) is 0 Å². The van der Waals surface area contributed by atoms with Gasteiger partial charge in [0.05, 0.1) is 23.7 Å². The van der Waals surface area contributed by atoms with Gasteiger partial charge in [0.2, 0.25) is 5.76 Å². The highest BCUT2D eigenvalue weighted by molar-refractivity contribution is 5.56. The van der Waals surface area contributed by atoms with Gasteiger partial charge in [-0.1, -0.05) is 0 Å². The third-order valence-corrected chi connectivity index (χ3v) is 2.68.